The molecule has 1 aromatic carbocycles. The fourth-order valence-corrected chi connectivity index (χ4v) is 2.14. The van der Waals surface area contributed by atoms with Crippen molar-refractivity contribution in [3.8, 4) is 5.75 Å². The molecule has 1 fully saturated rings. The van der Waals surface area contributed by atoms with Crippen LogP contribution in [-0.4, -0.2) is 16.6 Å². The molecule has 1 aromatic rings. The highest BCUT2D eigenvalue weighted by Crippen LogP contribution is 2.40. The number of ether oxygens (including phenoxy) is 1. The van der Waals surface area contributed by atoms with Crippen molar-refractivity contribution in [1.82, 2.24) is 0 Å². The molecule has 0 bridgehead atoms. The molecule has 0 aliphatic carbocycles. The van der Waals surface area contributed by atoms with E-state index in [0.29, 0.717) is 6.61 Å². The standard InChI is InChI=1S/C12H15ClO2/c1-12(13)6-7-15-11(8-12)9-4-2-3-5-10(9)14/h2-5,11,14H,6-8H2,1H3. The van der Waals surface area contributed by atoms with Gasteiger partial charge in [0, 0.05) is 17.0 Å². The number of phenolic OH excluding ortho intramolecular Hbond substituents is 1. The lowest BCUT2D eigenvalue weighted by Crippen LogP contribution is -2.29. The summed E-state index contributed by atoms with van der Waals surface area (Å²) < 4.78 is 5.64. The first-order chi connectivity index (χ1) is 7.08. The van der Waals surface area contributed by atoms with Crippen LogP contribution in [0.3, 0.4) is 0 Å². The minimum atomic E-state index is -0.217. The van der Waals surface area contributed by atoms with Gasteiger partial charge >= 0.3 is 0 Å². The minimum absolute atomic E-state index is 0.0811. The first kappa shape index (κ1) is 10.8. The number of para-hydroxylation sites is 1. The number of aromatic hydroxyl groups is 1. The highest BCUT2D eigenvalue weighted by Gasteiger charge is 2.32. The highest BCUT2D eigenvalue weighted by atomic mass is 35.5. The van der Waals surface area contributed by atoms with E-state index in [-0.39, 0.29) is 16.7 Å². The smallest absolute Gasteiger partial charge is 0.121 e. The Morgan fingerprint density at radius 2 is 2.20 bits per heavy atom. The molecule has 3 heteroatoms. The summed E-state index contributed by atoms with van der Waals surface area (Å²) in [6, 6.07) is 7.28. The predicted octanol–water partition coefficient (Wildman–Crippen LogP) is 3.24. The molecule has 0 radical (unpaired) electrons. The normalized spacial score (nSPS) is 31.5. The molecule has 2 nitrogen and oxygen atoms in total. The van der Waals surface area contributed by atoms with Crippen LogP contribution in [0.15, 0.2) is 24.3 Å². The van der Waals surface area contributed by atoms with Crippen LogP contribution >= 0.6 is 11.6 Å². The van der Waals surface area contributed by atoms with Gasteiger partial charge in [0.2, 0.25) is 0 Å². The van der Waals surface area contributed by atoms with Crippen LogP contribution in [-0.2, 0) is 4.74 Å². The average Bonchev–Trinajstić information content (AvgIpc) is 2.17. The third kappa shape index (κ3) is 2.44. The van der Waals surface area contributed by atoms with E-state index in [2.05, 4.69) is 0 Å². The molecule has 1 aliphatic heterocycles. The molecule has 1 N–H and O–H groups in total. The molecule has 0 spiro atoms. The summed E-state index contributed by atoms with van der Waals surface area (Å²) in [5.74, 6) is 0.289. The van der Waals surface area contributed by atoms with Gasteiger partial charge in [-0.05, 0) is 25.8 Å². The van der Waals surface area contributed by atoms with Crippen molar-refractivity contribution in [1.29, 1.82) is 0 Å². The number of benzene rings is 1. The van der Waals surface area contributed by atoms with Crippen molar-refractivity contribution in [3.63, 3.8) is 0 Å². The summed E-state index contributed by atoms with van der Waals surface area (Å²) >= 11 is 6.31. The molecular weight excluding hydrogens is 212 g/mol. The lowest BCUT2D eigenvalue weighted by molar-refractivity contribution is -0.000482. The van der Waals surface area contributed by atoms with Gasteiger partial charge in [-0.2, -0.15) is 0 Å². The van der Waals surface area contributed by atoms with Crippen LogP contribution in [0.5, 0.6) is 5.75 Å². The van der Waals surface area contributed by atoms with Gasteiger partial charge in [-0.1, -0.05) is 18.2 Å². The molecular formula is C12H15ClO2. The van der Waals surface area contributed by atoms with Gasteiger partial charge in [-0.15, -0.1) is 11.6 Å². The summed E-state index contributed by atoms with van der Waals surface area (Å²) in [6.45, 7) is 2.67. The van der Waals surface area contributed by atoms with Crippen molar-refractivity contribution in [2.45, 2.75) is 30.7 Å². The van der Waals surface area contributed by atoms with Gasteiger partial charge in [0.25, 0.3) is 0 Å². The molecule has 0 saturated carbocycles. The first-order valence-electron chi connectivity index (χ1n) is 5.17. The monoisotopic (exact) mass is 226 g/mol. The first-order valence-corrected chi connectivity index (χ1v) is 5.55. The van der Waals surface area contributed by atoms with E-state index >= 15 is 0 Å². The van der Waals surface area contributed by atoms with Crippen LogP contribution in [0.25, 0.3) is 0 Å². The second-order valence-electron chi connectivity index (χ2n) is 4.29. The largest absolute Gasteiger partial charge is 0.508 e. The third-order valence-electron chi connectivity index (χ3n) is 2.84. The Balaban J connectivity index is 2.21. The van der Waals surface area contributed by atoms with Gasteiger partial charge in [0.1, 0.15) is 5.75 Å². The fraction of sp³-hybridized carbons (Fsp3) is 0.500. The molecule has 82 valence electrons. The maximum Gasteiger partial charge on any atom is 0.121 e. The number of alkyl halides is 1. The molecule has 1 saturated heterocycles. The molecule has 2 atom stereocenters. The number of rotatable bonds is 1. The zero-order valence-electron chi connectivity index (χ0n) is 8.74. The van der Waals surface area contributed by atoms with Crippen molar-refractivity contribution >= 4 is 11.6 Å². The molecule has 0 aromatic heterocycles. The summed E-state index contributed by atoms with van der Waals surface area (Å²) in [5, 5.41) is 9.71. The lowest BCUT2D eigenvalue weighted by atomic mass is 9.92. The average molecular weight is 227 g/mol. The van der Waals surface area contributed by atoms with E-state index in [9.17, 15) is 5.11 Å². The van der Waals surface area contributed by atoms with Crippen molar-refractivity contribution < 1.29 is 9.84 Å². The van der Waals surface area contributed by atoms with Crippen LogP contribution in [0.2, 0.25) is 0 Å². The molecule has 15 heavy (non-hydrogen) atoms. The molecule has 1 aliphatic rings. The van der Waals surface area contributed by atoms with Gasteiger partial charge < -0.3 is 9.84 Å². The maximum absolute atomic E-state index is 9.71. The zero-order valence-corrected chi connectivity index (χ0v) is 9.50. The Morgan fingerprint density at radius 3 is 2.87 bits per heavy atom. The van der Waals surface area contributed by atoms with E-state index in [4.69, 9.17) is 16.3 Å². The molecule has 2 rings (SSSR count). The SMILES string of the molecule is CC1(Cl)CCOC(c2ccccc2O)C1. The second-order valence-corrected chi connectivity index (χ2v) is 5.20. The van der Waals surface area contributed by atoms with Crippen LogP contribution in [0.4, 0.5) is 0 Å². The molecule has 1 heterocycles. The van der Waals surface area contributed by atoms with Gasteiger partial charge in [-0.25, -0.2) is 0 Å². The van der Waals surface area contributed by atoms with Crippen LogP contribution in [0.1, 0.15) is 31.4 Å². The molecule has 0 amide bonds. The molecule has 2 unspecified atom stereocenters. The van der Waals surface area contributed by atoms with Gasteiger partial charge in [-0.3, -0.25) is 0 Å². The second kappa shape index (κ2) is 4.03. The Morgan fingerprint density at radius 1 is 1.47 bits per heavy atom. The fourth-order valence-electron chi connectivity index (χ4n) is 1.92. The Labute approximate surface area is 94.8 Å². The summed E-state index contributed by atoms with van der Waals surface area (Å²) in [5.41, 5.74) is 0.837. The van der Waals surface area contributed by atoms with Gasteiger partial charge in [0.15, 0.2) is 0 Å². The summed E-state index contributed by atoms with van der Waals surface area (Å²) in [7, 11) is 0. The lowest BCUT2D eigenvalue weighted by Gasteiger charge is -2.33. The number of hydrogen-bond donors (Lipinski definition) is 1. The van der Waals surface area contributed by atoms with E-state index in [1.54, 1.807) is 6.07 Å². The summed E-state index contributed by atoms with van der Waals surface area (Å²) in [4.78, 5) is -0.217. The highest BCUT2D eigenvalue weighted by molar-refractivity contribution is 6.23. The minimum Gasteiger partial charge on any atom is -0.508 e. The third-order valence-corrected chi connectivity index (χ3v) is 3.18. The Hall–Kier alpha value is -0.730. The maximum atomic E-state index is 9.71. The number of halogens is 1. The van der Waals surface area contributed by atoms with Crippen molar-refractivity contribution in [2.24, 2.45) is 0 Å². The predicted molar refractivity (Wildman–Crippen MR) is 60.3 cm³/mol. The van der Waals surface area contributed by atoms with Crippen LogP contribution in [0, 0.1) is 0 Å². The van der Waals surface area contributed by atoms with Crippen LogP contribution < -0.4 is 0 Å². The summed E-state index contributed by atoms with van der Waals surface area (Å²) in [6.07, 6.45) is 1.52. The van der Waals surface area contributed by atoms with Gasteiger partial charge in [0.05, 0.1) is 6.10 Å². The topological polar surface area (TPSA) is 29.5 Å². The van der Waals surface area contributed by atoms with Crippen molar-refractivity contribution in [2.75, 3.05) is 6.61 Å². The quantitative estimate of drug-likeness (QED) is 0.745. The van der Waals surface area contributed by atoms with E-state index in [1.807, 2.05) is 25.1 Å². The Bertz CT molecular complexity index is 349. The van der Waals surface area contributed by atoms with E-state index in [1.165, 1.54) is 0 Å². The zero-order chi connectivity index (χ0) is 10.9. The number of hydrogen-bond acceptors (Lipinski definition) is 2. The number of phenols is 1. The Kier molecular flexibility index (Phi) is 2.89. The van der Waals surface area contributed by atoms with E-state index < -0.39 is 0 Å². The van der Waals surface area contributed by atoms with Crippen molar-refractivity contribution in [3.05, 3.63) is 29.8 Å². The van der Waals surface area contributed by atoms with E-state index in [0.717, 1.165) is 18.4 Å².